The predicted molar refractivity (Wildman–Crippen MR) is 130 cm³/mol. The van der Waals surface area contributed by atoms with Crippen molar-refractivity contribution >= 4 is 28.3 Å². The zero-order valence-electron chi connectivity index (χ0n) is 18.9. The van der Waals surface area contributed by atoms with E-state index in [1.807, 2.05) is 37.3 Å². The summed E-state index contributed by atoms with van der Waals surface area (Å²) in [6.07, 6.45) is 0.849. The van der Waals surface area contributed by atoms with Crippen molar-refractivity contribution in [3.63, 3.8) is 0 Å². The van der Waals surface area contributed by atoms with Gasteiger partial charge in [0.25, 0.3) is 0 Å². The fourth-order valence-electron chi connectivity index (χ4n) is 4.19. The number of carbonyl (C=O) groups excluding carboxylic acids is 1. The van der Waals surface area contributed by atoms with Crippen molar-refractivity contribution in [2.24, 2.45) is 11.7 Å². The van der Waals surface area contributed by atoms with Crippen LogP contribution in [0.3, 0.4) is 0 Å². The third-order valence-corrected chi connectivity index (χ3v) is 6.32. The molecule has 3 N–H and O–H groups in total. The zero-order valence-corrected chi connectivity index (χ0v) is 18.9. The van der Waals surface area contributed by atoms with Crippen LogP contribution in [0.1, 0.15) is 26.1 Å². The molecule has 7 nitrogen and oxygen atoms in total. The van der Waals surface area contributed by atoms with Crippen molar-refractivity contribution in [2.45, 2.75) is 32.9 Å². The van der Waals surface area contributed by atoms with E-state index < -0.39 is 6.04 Å². The highest BCUT2D eigenvalue weighted by Gasteiger charge is 2.24. The SMILES string of the molecule is CCC(C)C(Nc1nc(CN2CCN(c3ccccc3)CC2)nc2ccccc12)C(N)=O. The lowest BCUT2D eigenvalue weighted by molar-refractivity contribution is -0.119. The molecule has 1 amide bonds. The molecule has 168 valence electrons. The quantitative estimate of drug-likeness (QED) is 0.568. The summed E-state index contributed by atoms with van der Waals surface area (Å²) in [4.78, 5) is 26.5. The van der Waals surface area contributed by atoms with E-state index in [-0.39, 0.29) is 11.8 Å². The van der Waals surface area contributed by atoms with Gasteiger partial charge in [0.2, 0.25) is 5.91 Å². The first-order valence-electron chi connectivity index (χ1n) is 11.4. The van der Waals surface area contributed by atoms with Crippen LogP contribution < -0.4 is 16.0 Å². The molecule has 1 aliphatic rings. The second-order valence-electron chi connectivity index (χ2n) is 8.51. The van der Waals surface area contributed by atoms with Crippen molar-refractivity contribution < 1.29 is 4.79 Å². The van der Waals surface area contributed by atoms with Crippen LogP contribution in [0.15, 0.2) is 54.6 Å². The minimum atomic E-state index is -0.472. The molecule has 1 fully saturated rings. The number of amides is 1. The lowest BCUT2D eigenvalue weighted by atomic mass is 9.98. The van der Waals surface area contributed by atoms with Gasteiger partial charge in [-0.1, -0.05) is 50.6 Å². The lowest BCUT2D eigenvalue weighted by Gasteiger charge is -2.35. The zero-order chi connectivity index (χ0) is 22.5. The molecule has 0 radical (unpaired) electrons. The maximum atomic E-state index is 12.1. The Kier molecular flexibility index (Phi) is 6.85. The summed E-state index contributed by atoms with van der Waals surface area (Å²) in [6.45, 7) is 8.60. The van der Waals surface area contributed by atoms with Gasteiger partial charge in [0.1, 0.15) is 17.7 Å². The first-order chi connectivity index (χ1) is 15.5. The van der Waals surface area contributed by atoms with Crippen molar-refractivity contribution in [3.05, 3.63) is 60.4 Å². The van der Waals surface area contributed by atoms with Gasteiger partial charge in [0.05, 0.1) is 12.1 Å². The Morgan fingerprint density at radius 3 is 2.41 bits per heavy atom. The smallest absolute Gasteiger partial charge is 0.240 e. The average molecular weight is 433 g/mol. The minimum Gasteiger partial charge on any atom is -0.369 e. The van der Waals surface area contributed by atoms with Gasteiger partial charge in [0, 0.05) is 37.3 Å². The van der Waals surface area contributed by atoms with Gasteiger partial charge in [-0.2, -0.15) is 0 Å². The Labute approximate surface area is 189 Å². The van der Waals surface area contributed by atoms with Crippen molar-refractivity contribution in [2.75, 3.05) is 36.4 Å². The van der Waals surface area contributed by atoms with Crippen LogP contribution in [0.25, 0.3) is 10.9 Å². The third-order valence-electron chi connectivity index (χ3n) is 6.32. The first kappa shape index (κ1) is 22.0. The van der Waals surface area contributed by atoms with E-state index >= 15 is 0 Å². The van der Waals surface area contributed by atoms with Crippen LogP contribution in [0.4, 0.5) is 11.5 Å². The highest BCUT2D eigenvalue weighted by Crippen LogP contribution is 2.24. The summed E-state index contributed by atoms with van der Waals surface area (Å²) in [5, 5.41) is 4.23. The molecule has 0 saturated carbocycles. The number of hydrogen-bond acceptors (Lipinski definition) is 6. The fourth-order valence-corrected chi connectivity index (χ4v) is 4.19. The van der Waals surface area contributed by atoms with Crippen LogP contribution in [0, 0.1) is 5.92 Å². The summed E-state index contributed by atoms with van der Waals surface area (Å²) < 4.78 is 0. The molecule has 7 heteroatoms. The van der Waals surface area contributed by atoms with Gasteiger partial charge in [-0.05, 0) is 30.2 Å². The maximum absolute atomic E-state index is 12.1. The molecule has 1 saturated heterocycles. The Morgan fingerprint density at radius 2 is 1.72 bits per heavy atom. The average Bonchev–Trinajstić information content (AvgIpc) is 2.82. The van der Waals surface area contributed by atoms with Gasteiger partial charge < -0.3 is 16.0 Å². The van der Waals surface area contributed by atoms with E-state index in [9.17, 15) is 4.79 Å². The number of benzene rings is 2. The number of aromatic nitrogens is 2. The third kappa shape index (κ3) is 4.99. The predicted octanol–water partition coefficient (Wildman–Crippen LogP) is 3.26. The van der Waals surface area contributed by atoms with E-state index in [1.54, 1.807) is 0 Å². The second kappa shape index (κ2) is 9.96. The van der Waals surface area contributed by atoms with E-state index in [1.165, 1.54) is 5.69 Å². The molecule has 0 bridgehead atoms. The van der Waals surface area contributed by atoms with Crippen LogP contribution in [0.5, 0.6) is 0 Å². The van der Waals surface area contributed by atoms with E-state index in [4.69, 9.17) is 15.7 Å². The number of hydrogen-bond donors (Lipinski definition) is 2. The number of piperazine rings is 1. The Balaban J connectivity index is 1.52. The Bertz CT molecular complexity index is 1050. The molecule has 2 unspecified atom stereocenters. The van der Waals surface area contributed by atoms with E-state index in [0.717, 1.165) is 49.3 Å². The molecule has 0 aliphatic carbocycles. The number of rotatable bonds is 8. The number of nitrogens with zero attached hydrogens (tertiary/aromatic N) is 4. The van der Waals surface area contributed by atoms with Crippen molar-refractivity contribution in [1.29, 1.82) is 0 Å². The molecule has 2 atom stereocenters. The highest BCUT2D eigenvalue weighted by atomic mass is 16.1. The number of primary amides is 1. The molecule has 4 rings (SSSR count). The molecule has 2 aromatic carbocycles. The molecule has 1 aromatic heterocycles. The molecule has 0 spiro atoms. The molecule has 32 heavy (non-hydrogen) atoms. The van der Waals surface area contributed by atoms with E-state index in [2.05, 4.69) is 46.3 Å². The summed E-state index contributed by atoms with van der Waals surface area (Å²) in [6, 6.07) is 18.0. The van der Waals surface area contributed by atoms with Crippen LogP contribution in [-0.4, -0.2) is 53.0 Å². The fraction of sp³-hybridized carbons (Fsp3) is 0.400. The second-order valence-corrected chi connectivity index (χ2v) is 8.51. The van der Waals surface area contributed by atoms with Crippen molar-refractivity contribution in [3.8, 4) is 0 Å². The first-order valence-corrected chi connectivity index (χ1v) is 11.4. The number of para-hydroxylation sites is 2. The minimum absolute atomic E-state index is 0.107. The highest BCUT2D eigenvalue weighted by molar-refractivity contribution is 5.92. The monoisotopic (exact) mass is 432 g/mol. The summed E-state index contributed by atoms with van der Waals surface area (Å²) >= 11 is 0. The van der Waals surface area contributed by atoms with E-state index in [0.29, 0.717) is 12.4 Å². The van der Waals surface area contributed by atoms with Crippen LogP contribution in [-0.2, 0) is 11.3 Å². The van der Waals surface area contributed by atoms with Gasteiger partial charge in [-0.3, -0.25) is 9.69 Å². The molecular weight excluding hydrogens is 400 g/mol. The number of nitrogens with two attached hydrogens (primary N) is 1. The summed E-state index contributed by atoms with van der Waals surface area (Å²) in [7, 11) is 0. The standard InChI is InChI=1S/C25H32N6O/c1-3-18(2)23(24(26)32)29-25-20-11-7-8-12-21(20)27-22(28-25)17-30-13-15-31(16-14-30)19-9-5-4-6-10-19/h4-12,18,23H,3,13-17H2,1-2H3,(H2,26,32)(H,27,28,29). The topological polar surface area (TPSA) is 87.4 Å². The van der Waals surface area contributed by atoms with Crippen molar-refractivity contribution in [1.82, 2.24) is 14.9 Å². The summed E-state index contributed by atoms with van der Waals surface area (Å²) in [5.74, 6) is 1.18. The van der Waals surface area contributed by atoms with Gasteiger partial charge in [-0.25, -0.2) is 9.97 Å². The van der Waals surface area contributed by atoms with Gasteiger partial charge in [0.15, 0.2) is 0 Å². The molecule has 2 heterocycles. The largest absolute Gasteiger partial charge is 0.369 e. The van der Waals surface area contributed by atoms with Crippen LogP contribution in [0.2, 0.25) is 0 Å². The van der Waals surface area contributed by atoms with Crippen LogP contribution >= 0.6 is 0 Å². The van der Waals surface area contributed by atoms with Gasteiger partial charge in [-0.15, -0.1) is 0 Å². The number of carbonyl (C=O) groups is 1. The number of fused-ring (bicyclic) bond motifs is 1. The summed E-state index contributed by atoms with van der Waals surface area (Å²) in [5.41, 5.74) is 7.83. The molecule has 1 aliphatic heterocycles. The van der Waals surface area contributed by atoms with Gasteiger partial charge >= 0.3 is 0 Å². The normalized spacial score (nSPS) is 16.6. The lowest BCUT2D eigenvalue weighted by Crippen LogP contribution is -2.46. The Morgan fingerprint density at radius 1 is 1.03 bits per heavy atom. The molecular formula is C25H32N6O. The number of anilines is 2. The Hall–Kier alpha value is -3.19. The maximum Gasteiger partial charge on any atom is 0.240 e. The molecule has 3 aromatic rings. The number of nitrogens with one attached hydrogen (secondary N) is 1.